The fourth-order valence-electron chi connectivity index (χ4n) is 3.88. The van der Waals surface area contributed by atoms with E-state index in [4.69, 9.17) is 0 Å². The number of benzene rings is 2. The van der Waals surface area contributed by atoms with E-state index >= 15 is 0 Å². The maximum absolute atomic E-state index is 13.0. The van der Waals surface area contributed by atoms with Crippen LogP contribution < -0.4 is 5.32 Å². The highest BCUT2D eigenvalue weighted by atomic mass is 32.2. The summed E-state index contributed by atoms with van der Waals surface area (Å²) in [5.74, 6) is -0.138. The lowest BCUT2D eigenvalue weighted by atomic mass is 10.1. The summed E-state index contributed by atoms with van der Waals surface area (Å²) >= 11 is 1.52. The Morgan fingerprint density at radius 1 is 0.969 bits per heavy atom. The van der Waals surface area contributed by atoms with Gasteiger partial charge in [-0.1, -0.05) is 30.3 Å². The molecule has 32 heavy (non-hydrogen) atoms. The second-order valence-corrected chi connectivity index (χ2v) is 11.3. The molecular formula is C24H27N3O3S2. The van der Waals surface area contributed by atoms with Crippen molar-refractivity contribution >= 4 is 33.0 Å². The van der Waals surface area contributed by atoms with Gasteiger partial charge in [-0.15, -0.1) is 11.3 Å². The van der Waals surface area contributed by atoms with Gasteiger partial charge in [0.25, 0.3) is 5.91 Å². The van der Waals surface area contributed by atoms with Gasteiger partial charge in [0.15, 0.2) is 0 Å². The molecule has 0 unspecified atom stereocenters. The lowest BCUT2D eigenvalue weighted by Gasteiger charge is -2.34. The number of hydrogen-bond donors (Lipinski definition) is 1. The van der Waals surface area contributed by atoms with E-state index in [1.165, 1.54) is 11.3 Å². The number of thiophene rings is 1. The number of anilines is 1. The van der Waals surface area contributed by atoms with Crippen molar-refractivity contribution in [2.24, 2.45) is 0 Å². The molecule has 1 aliphatic heterocycles. The SMILES string of the molecule is Cc1cc(S(=O)(=O)N2CCN(Cc3ccc(C(=O)Nc4ccccc4)cc3)CC2)c(C)s1. The van der Waals surface area contributed by atoms with Crippen LogP contribution in [0.2, 0.25) is 0 Å². The number of piperazine rings is 1. The number of amides is 1. The van der Waals surface area contributed by atoms with Gasteiger partial charge < -0.3 is 5.32 Å². The van der Waals surface area contributed by atoms with E-state index in [0.29, 0.717) is 36.6 Å². The first kappa shape index (κ1) is 22.7. The standard InChI is InChI=1S/C24H27N3O3S2/c1-18-16-23(19(2)31-18)32(29,30)27-14-12-26(13-15-27)17-20-8-10-21(11-9-20)24(28)25-22-6-4-3-5-7-22/h3-11,16H,12-15,17H2,1-2H3,(H,25,28). The van der Waals surface area contributed by atoms with Gasteiger partial charge in [-0.2, -0.15) is 4.31 Å². The first-order valence-electron chi connectivity index (χ1n) is 10.6. The molecule has 6 nitrogen and oxygen atoms in total. The van der Waals surface area contributed by atoms with Crippen LogP contribution in [0.4, 0.5) is 5.69 Å². The van der Waals surface area contributed by atoms with Gasteiger partial charge in [0.2, 0.25) is 10.0 Å². The maximum atomic E-state index is 13.0. The number of para-hydroxylation sites is 1. The van der Waals surface area contributed by atoms with E-state index in [-0.39, 0.29) is 5.91 Å². The number of sulfonamides is 1. The second-order valence-electron chi connectivity index (χ2n) is 7.97. The number of nitrogens with zero attached hydrogens (tertiary/aromatic N) is 2. The molecule has 0 saturated carbocycles. The molecule has 1 aromatic heterocycles. The molecule has 1 saturated heterocycles. The van der Waals surface area contributed by atoms with Crippen molar-refractivity contribution in [3.63, 3.8) is 0 Å². The van der Waals surface area contributed by atoms with Gasteiger partial charge in [-0.05, 0) is 49.7 Å². The average molecular weight is 470 g/mol. The van der Waals surface area contributed by atoms with E-state index in [9.17, 15) is 13.2 Å². The van der Waals surface area contributed by atoms with Crippen LogP contribution in [0.25, 0.3) is 0 Å². The topological polar surface area (TPSA) is 69.7 Å². The fourth-order valence-corrected chi connectivity index (χ4v) is 6.82. The van der Waals surface area contributed by atoms with Crippen LogP contribution in [-0.2, 0) is 16.6 Å². The van der Waals surface area contributed by atoms with Gasteiger partial charge in [0.05, 0.1) is 4.90 Å². The van der Waals surface area contributed by atoms with Crippen LogP contribution in [-0.4, -0.2) is 49.7 Å². The number of hydrogen-bond acceptors (Lipinski definition) is 5. The van der Waals surface area contributed by atoms with E-state index in [0.717, 1.165) is 27.5 Å². The molecule has 3 aromatic rings. The number of carbonyl (C=O) groups excluding carboxylic acids is 1. The Morgan fingerprint density at radius 2 is 1.62 bits per heavy atom. The summed E-state index contributed by atoms with van der Waals surface area (Å²) in [5, 5.41) is 2.89. The van der Waals surface area contributed by atoms with Crippen LogP contribution in [0.3, 0.4) is 0 Å². The summed E-state index contributed by atoms with van der Waals surface area (Å²) in [6.45, 7) is 6.85. The molecule has 2 heterocycles. The van der Waals surface area contributed by atoms with Crippen LogP contribution >= 0.6 is 11.3 Å². The first-order chi connectivity index (χ1) is 15.3. The number of nitrogens with one attached hydrogen (secondary N) is 1. The Balaban J connectivity index is 1.32. The lowest BCUT2D eigenvalue weighted by Crippen LogP contribution is -2.48. The summed E-state index contributed by atoms with van der Waals surface area (Å²) in [6, 6.07) is 18.7. The normalized spacial score (nSPS) is 15.6. The molecule has 4 rings (SSSR count). The Kier molecular flexibility index (Phi) is 6.76. The van der Waals surface area contributed by atoms with Crippen molar-refractivity contribution < 1.29 is 13.2 Å². The fraction of sp³-hybridized carbons (Fsp3) is 0.292. The highest BCUT2D eigenvalue weighted by molar-refractivity contribution is 7.89. The zero-order valence-electron chi connectivity index (χ0n) is 18.2. The minimum Gasteiger partial charge on any atom is -0.322 e. The van der Waals surface area contributed by atoms with Crippen molar-refractivity contribution in [3.8, 4) is 0 Å². The summed E-state index contributed by atoms with van der Waals surface area (Å²) in [5.41, 5.74) is 2.47. The molecule has 0 bridgehead atoms. The molecule has 2 aromatic carbocycles. The third kappa shape index (κ3) is 5.10. The Morgan fingerprint density at radius 3 is 2.22 bits per heavy atom. The monoisotopic (exact) mass is 469 g/mol. The zero-order valence-corrected chi connectivity index (χ0v) is 19.9. The highest BCUT2D eigenvalue weighted by Crippen LogP contribution is 2.28. The number of aryl methyl sites for hydroxylation is 2. The zero-order chi connectivity index (χ0) is 22.7. The van der Waals surface area contributed by atoms with Crippen molar-refractivity contribution in [1.82, 2.24) is 9.21 Å². The van der Waals surface area contributed by atoms with Crippen LogP contribution in [0.15, 0.2) is 65.6 Å². The summed E-state index contributed by atoms with van der Waals surface area (Å²) in [6.07, 6.45) is 0. The van der Waals surface area contributed by atoms with E-state index in [1.54, 1.807) is 10.4 Å². The largest absolute Gasteiger partial charge is 0.322 e. The quantitative estimate of drug-likeness (QED) is 0.590. The minimum atomic E-state index is -3.44. The molecule has 1 N–H and O–H groups in total. The number of carbonyl (C=O) groups is 1. The predicted octanol–water partition coefficient (Wildman–Crippen LogP) is 4.12. The van der Waals surface area contributed by atoms with E-state index in [2.05, 4.69) is 10.2 Å². The van der Waals surface area contributed by atoms with Crippen molar-refractivity contribution in [3.05, 3.63) is 81.5 Å². The molecule has 1 amide bonds. The highest BCUT2D eigenvalue weighted by Gasteiger charge is 2.30. The summed E-state index contributed by atoms with van der Waals surface area (Å²) in [4.78, 5) is 17.0. The van der Waals surface area contributed by atoms with E-state index in [1.807, 2.05) is 68.4 Å². The minimum absolute atomic E-state index is 0.138. The van der Waals surface area contributed by atoms with Gasteiger partial charge >= 0.3 is 0 Å². The molecule has 0 spiro atoms. The molecule has 168 valence electrons. The molecule has 0 atom stereocenters. The third-order valence-corrected chi connectivity index (χ3v) is 8.72. The van der Waals surface area contributed by atoms with Gasteiger partial charge in [-0.25, -0.2) is 8.42 Å². The van der Waals surface area contributed by atoms with Crippen molar-refractivity contribution in [2.75, 3.05) is 31.5 Å². The average Bonchev–Trinajstić information content (AvgIpc) is 3.14. The lowest BCUT2D eigenvalue weighted by molar-refractivity contribution is 0.102. The van der Waals surface area contributed by atoms with Crippen LogP contribution in [0, 0.1) is 13.8 Å². The molecule has 8 heteroatoms. The third-order valence-electron chi connectivity index (χ3n) is 5.60. The van der Waals surface area contributed by atoms with Gasteiger partial charge in [0.1, 0.15) is 0 Å². The van der Waals surface area contributed by atoms with Gasteiger partial charge in [0, 0.05) is 53.7 Å². The Bertz CT molecular complexity index is 1180. The maximum Gasteiger partial charge on any atom is 0.255 e. The molecule has 1 fully saturated rings. The second kappa shape index (κ2) is 9.54. The molecular weight excluding hydrogens is 442 g/mol. The van der Waals surface area contributed by atoms with Crippen molar-refractivity contribution in [1.29, 1.82) is 0 Å². The first-order valence-corrected chi connectivity index (χ1v) is 12.8. The summed E-state index contributed by atoms with van der Waals surface area (Å²) in [7, 11) is -3.44. The van der Waals surface area contributed by atoms with E-state index < -0.39 is 10.0 Å². The molecule has 1 aliphatic rings. The Labute approximate surface area is 193 Å². The smallest absolute Gasteiger partial charge is 0.255 e. The summed E-state index contributed by atoms with van der Waals surface area (Å²) < 4.78 is 27.6. The molecule has 0 radical (unpaired) electrons. The van der Waals surface area contributed by atoms with Crippen LogP contribution in [0.5, 0.6) is 0 Å². The van der Waals surface area contributed by atoms with Crippen molar-refractivity contribution in [2.45, 2.75) is 25.3 Å². The van der Waals surface area contributed by atoms with Gasteiger partial charge in [-0.3, -0.25) is 9.69 Å². The molecule has 0 aliphatic carbocycles. The number of rotatable bonds is 6. The Hall–Kier alpha value is -2.52. The van der Waals surface area contributed by atoms with Crippen LogP contribution in [0.1, 0.15) is 25.7 Å². The predicted molar refractivity (Wildman–Crippen MR) is 129 cm³/mol.